The Balaban J connectivity index is 1.87. The molecule has 1 atom stereocenters. The van der Waals surface area contributed by atoms with E-state index >= 15 is 0 Å². The summed E-state index contributed by atoms with van der Waals surface area (Å²) in [4.78, 5) is 13.7. The van der Waals surface area contributed by atoms with Crippen LogP contribution in [0.4, 0.5) is 0 Å². The zero-order chi connectivity index (χ0) is 13.5. The van der Waals surface area contributed by atoms with Gasteiger partial charge in [-0.05, 0) is 5.56 Å². The van der Waals surface area contributed by atoms with Crippen LogP contribution in [0.5, 0.6) is 0 Å². The number of morpholine rings is 1. The summed E-state index contributed by atoms with van der Waals surface area (Å²) < 4.78 is 5.75. The minimum Gasteiger partial charge on any atom is -0.371 e. The van der Waals surface area contributed by atoms with Gasteiger partial charge in [-0.25, -0.2) is 0 Å². The summed E-state index contributed by atoms with van der Waals surface area (Å²) in [5.41, 5.74) is 1.15. The molecule has 1 fully saturated rings. The van der Waals surface area contributed by atoms with Crippen LogP contribution in [0.15, 0.2) is 30.3 Å². The molecule has 1 aliphatic heterocycles. The van der Waals surface area contributed by atoms with Crippen molar-refractivity contribution in [2.24, 2.45) is 0 Å². The Labute approximate surface area is 113 Å². The predicted molar refractivity (Wildman–Crippen MR) is 73.4 cm³/mol. The summed E-state index contributed by atoms with van der Waals surface area (Å²) in [5.74, 6) is 2.36. The average Bonchev–Trinajstić information content (AvgIpc) is 2.46. The second-order valence-electron chi connectivity index (χ2n) is 4.49. The Morgan fingerprint density at radius 3 is 3.00 bits per heavy atom. The molecule has 4 nitrogen and oxygen atoms in total. The van der Waals surface area contributed by atoms with Crippen molar-refractivity contribution < 1.29 is 9.53 Å². The van der Waals surface area contributed by atoms with Gasteiger partial charge in [0.2, 0.25) is 5.91 Å². The van der Waals surface area contributed by atoms with Crippen molar-refractivity contribution in [3.8, 4) is 12.3 Å². The Morgan fingerprint density at radius 1 is 1.47 bits per heavy atom. The Hall–Kier alpha value is -1.83. The van der Waals surface area contributed by atoms with Gasteiger partial charge >= 0.3 is 0 Å². The highest BCUT2D eigenvalue weighted by molar-refractivity contribution is 5.78. The highest BCUT2D eigenvalue weighted by Gasteiger charge is 2.22. The largest absolute Gasteiger partial charge is 0.371 e. The molecule has 2 rings (SSSR count). The van der Waals surface area contributed by atoms with Gasteiger partial charge in [0.15, 0.2) is 0 Å². The first kappa shape index (κ1) is 13.6. The first-order chi connectivity index (χ1) is 9.29. The third-order valence-corrected chi connectivity index (χ3v) is 3.08. The highest BCUT2D eigenvalue weighted by Crippen LogP contribution is 2.21. The summed E-state index contributed by atoms with van der Waals surface area (Å²) in [5, 5.41) is 2.68. The molecular weight excluding hydrogens is 240 g/mol. The lowest BCUT2D eigenvalue weighted by atomic mass is 10.1. The lowest BCUT2D eigenvalue weighted by Crippen LogP contribution is -2.44. The van der Waals surface area contributed by atoms with E-state index in [1.807, 2.05) is 30.3 Å². The molecule has 1 aliphatic rings. The number of ether oxygens (including phenoxy) is 1. The van der Waals surface area contributed by atoms with Crippen molar-refractivity contribution in [1.82, 2.24) is 10.2 Å². The highest BCUT2D eigenvalue weighted by atomic mass is 16.5. The van der Waals surface area contributed by atoms with Crippen LogP contribution in [0.1, 0.15) is 11.7 Å². The molecule has 0 radical (unpaired) electrons. The van der Waals surface area contributed by atoms with Gasteiger partial charge in [0.25, 0.3) is 0 Å². The number of amides is 1. The molecule has 1 N–H and O–H groups in total. The molecule has 0 spiro atoms. The lowest BCUT2D eigenvalue weighted by Gasteiger charge is -2.32. The maximum absolute atomic E-state index is 11.6. The summed E-state index contributed by atoms with van der Waals surface area (Å²) in [7, 11) is 0. The normalized spacial score (nSPS) is 19.6. The monoisotopic (exact) mass is 258 g/mol. The molecule has 0 aromatic heterocycles. The second kappa shape index (κ2) is 6.93. The van der Waals surface area contributed by atoms with Gasteiger partial charge in [-0.1, -0.05) is 36.3 Å². The van der Waals surface area contributed by atoms with Gasteiger partial charge in [0, 0.05) is 13.1 Å². The third-order valence-electron chi connectivity index (χ3n) is 3.08. The molecule has 1 heterocycles. The zero-order valence-electron chi connectivity index (χ0n) is 10.8. The van der Waals surface area contributed by atoms with Crippen LogP contribution in [0, 0.1) is 12.3 Å². The topological polar surface area (TPSA) is 41.6 Å². The quantitative estimate of drug-likeness (QED) is 0.813. The van der Waals surface area contributed by atoms with E-state index < -0.39 is 0 Å². The smallest absolute Gasteiger partial charge is 0.234 e. The number of rotatable bonds is 4. The third kappa shape index (κ3) is 4.09. The molecule has 19 heavy (non-hydrogen) atoms. The average molecular weight is 258 g/mol. The Morgan fingerprint density at radius 2 is 2.26 bits per heavy atom. The number of carbonyl (C=O) groups is 1. The van der Waals surface area contributed by atoms with Crippen LogP contribution in [0.25, 0.3) is 0 Å². The molecular formula is C15H18N2O2. The van der Waals surface area contributed by atoms with Crippen molar-refractivity contribution >= 4 is 5.91 Å². The van der Waals surface area contributed by atoms with E-state index in [4.69, 9.17) is 11.2 Å². The van der Waals surface area contributed by atoms with Gasteiger partial charge < -0.3 is 10.1 Å². The lowest BCUT2D eigenvalue weighted by molar-refractivity contribution is -0.124. The second-order valence-corrected chi connectivity index (χ2v) is 4.49. The maximum atomic E-state index is 11.6. The number of carbonyl (C=O) groups excluding carboxylic acids is 1. The van der Waals surface area contributed by atoms with Crippen LogP contribution in [-0.2, 0) is 9.53 Å². The van der Waals surface area contributed by atoms with Crippen molar-refractivity contribution in [2.75, 3.05) is 32.8 Å². The predicted octanol–water partition coefficient (Wildman–Crippen LogP) is 0.809. The van der Waals surface area contributed by atoms with Crippen molar-refractivity contribution in [3.05, 3.63) is 35.9 Å². The summed E-state index contributed by atoms with van der Waals surface area (Å²) >= 11 is 0. The van der Waals surface area contributed by atoms with Crippen molar-refractivity contribution in [2.45, 2.75) is 6.10 Å². The molecule has 0 aliphatic carbocycles. The minimum atomic E-state index is -0.0355. The van der Waals surface area contributed by atoms with Crippen LogP contribution in [0.2, 0.25) is 0 Å². The Bertz CT molecular complexity index is 453. The van der Waals surface area contributed by atoms with Crippen molar-refractivity contribution in [3.63, 3.8) is 0 Å². The summed E-state index contributed by atoms with van der Waals surface area (Å²) in [6.45, 7) is 2.79. The molecule has 1 aromatic rings. The number of nitrogens with one attached hydrogen (secondary N) is 1. The number of hydrogen-bond acceptors (Lipinski definition) is 3. The molecule has 100 valence electrons. The number of hydrogen-bond donors (Lipinski definition) is 1. The van der Waals surface area contributed by atoms with Crippen LogP contribution in [-0.4, -0.2) is 43.6 Å². The fourth-order valence-electron chi connectivity index (χ4n) is 2.12. The SMILES string of the molecule is C#CCNC(=O)CN1CCO[C@@H](c2ccccc2)C1. The fraction of sp³-hybridized carbons (Fsp3) is 0.400. The Kier molecular flexibility index (Phi) is 4.96. The van der Waals surface area contributed by atoms with Crippen LogP contribution < -0.4 is 5.32 Å². The van der Waals surface area contributed by atoms with Gasteiger partial charge in [-0.15, -0.1) is 6.42 Å². The van der Waals surface area contributed by atoms with E-state index in [-0.39, 0.29) is 18.6 Å². The number of benzene rings is 1. The molecule has 0 saturated carbocycles. The van der Waals surface area contributed by atoms with E-state index in [0.717, 1.165) is 18.7 Å². The van der Waals surface area contributed by atoms with E-state index in [1.54, 1.807) is 0 Å². The molecule has 0 unspecified atom stereocenters. The maximum Gasteiger partial charge on any atom is 0.234 e. The van der Waals surface area contributed by atoms with Gasteiger partial charge in [0.1, 0.15) is 0 Å². The van der Waals surface area contributed by atoms with Gasteiger partial charge in [-0.3, -0.25) is 9.69 Å². The fourth-order valence-corrected chi connectivity index (χ4v) is 2.12. The van der Waals surface area contributed by atoms with Gasteiger partial charge in [0.05, 0.1) is 25.8 Å². The summed E-state index contributed by atoms with van der Waals surface area (Å²) in [6, 6.07) is 10.1. The summed E-state index contributed by atoms with van der Waals surface area (Å²) in [6.07, 6.45) is 5.15. The zero-order valence-corrected chi connectivity index (χ0v) is 10.8. The van der Waals surface area contributed by atoms with Crippen molar-refractivity contribution in [1.29, 1.82) is 0 Å². The van der Waals surface area contributed by atoms with Gasteiger partial charge in [-0.2, -0.15) is 0 Å². The number of terminal acetylenes is 1. The first-order valence-corrected chi connectivity index (χ1v) is 6.38. The molecule has 1 aromatic carbocycles. The van der Waals surface area contributed by atoms with Crippen LogP contribution >= 0.6 is 0 Å². The molecule has 4 heteroatoms. The van der Waals surface area contributed by atoms with Crippen LogP contribution in [0.3, 0.4) is 0 Å². The minimum absolute atomic E-state index is 0.0355. The number of nitrogens with zero attached hydrogens (tertiary/aromatic N) is 1. The van der Waals surface area contributed by atoms with E-state index in [9.17, 15) is 4.79 Å². The standard InChI is InChI=1S/C15H18N2O2/c1-2-8-16-15(18)12-17-9-10-19-14(11-17)13-6-4-3-5-7-13/h1,3-7,14H,8-12H2,(H,16,18)/t14-/m1/s1. The van der Waals surface area contributed by atoms with E-state index in [1.165, 1.54) is 0 Å². The molecule has 1 amide bonds. The molecule has 1 saturated heterocycles. The van der Waals surface area contributed by atoms with E-state index in [2.05, 4.69) is 16.1 Å². The first-order valence-electron chi connectivity index (χ1n) is 6.38. The molecule has 0 bridgehead atoms. The van der Waals surface area contributed by atoms with E-state index in [0.29, 0.717) is 13.2 Å².